The Morgan fingerprint density at radius 1 is 1.38 bits per heavy atom. The lowest BCUT2D eigenvalue weighted by Crippen LogP contribution is -1.90. The van der Waals surface area contributed by atoms with Gasteiger partial charge in [-0.1, -0.05) is 25.1 Å². The molecule has 0 saturated carbocycles. The summed E-state index contributed by atoms with van der Waals surface area (Å²) in [5.74, 6) is 0.591. The lowest BCUT2D eigenvalue weighted by Gasteiger charge is -2.09. The van der Waals surface area contributed by atoms with E-state index in [1.54, 1.807) is 11.8 Å². The molecule has 0 spiro atoms. The lowest BCUT2D eigenvalue weighted by atomic mass is 9.98. The average molecular weight is 192 g/mol. The van der Waals surface area contributed by atoms with E-state index in [9.17, 15) is 0 Å². The fourth-order valence-corrected chi connectivity index (χ4v) is 1.73. The first-order chi connectivity index (χ1) is 6.27. The van der Waals surface area contributed by atoms with Gasteiger partial charge < -0.3 is 0 Å². The third-order valence-corrected chi connectivity index (χ3v) is 2.95. The summed E-state index contributed by atoms with van der Waals surface area (Å²) in [5.41, 5.74) is 1.40. The second-order valence-corrected chi connectivity index (χ2v) is 4.08. The predicted molar refractivity (Wildman–Crippen MR) is 61.5 cm³/mol. The van der Waals surface area contributed by atoms with Crippen LogP contribution in [-0.4, -0.2) is 6.26 Å². The van der Waals surface area contributed by atoms with Crippen LogP contribution in [-0.2, 0) is 0 Å². The maximum atomic E-state index is 3.76. The van der Waals surface area contributed by atoms with Gasteiger partial charge in [0.2, 0.25) is 0 Å². The van der Waals surface area contributed by atoms with Gasteiger partial charge >= 0.3 is 0 Å². The Labute approximate surface area is 85.1 Å². The molecular weight excluding hydrogens is 176 g/mol. The minimum atomic E-state index is 0.591. The van der Waals surface area contributed by atoms with Crippen molar-refractivity contribution in [3.63, 3.8) is 0 Å². The maximum Gasteiger partial charge on any atom is 0.00693 e. The molecule has 0 fully saturated rings. The van der Waals surface area contributed by atoms with Crippen LogP contribution in [0, 0.1) is 0 Å². The fourth-order valence-electron chi connectivity index (χ4n) is 1.32. The van der Waals surface area contributed by atoms with Crippen molar-refractivity contribution in [2.24, 2.45) is 0 Å². The van der Waals surface area contributed by atoms with Gasteiger partial charge in [-0.05, 0) is 36.3 Å². The van der Waals surface area contributed by atoms with Crippen LogP contribution in [0.1, 0.15) is 24.8 Å². The monoisotopic (exact) mass is 192 g/mol. The summed E-state index contributed by atoms with van der Waals surface area (Å²) in [6, 6.07) is 8.78. The van der Waals surface area contributed by atoms with Crippen LogP contribution in [0.2, 0.25) is 0 Å². The van der Waals surface area contributed by atoms with E-state index >= 15 is 0 Å². The van der Waals surface area contributed by atoms with Gasteiger partial charge in [-0.2, -0.15) is 0 Å². The number of rotatable bonds is 4. The van der Waals surface area contributed by atoms with E-state index in [2.05, 4.69) is 44.0 Å². The first-order valence-corrected chi connectivity index (χ1v) is 5.75. The van der Waals surface area contributed by atoms with E-state index in [-0.39, 0.29) is 0 Å². The Balaban J connectivity index is 2.73. The van der Waals surface area contributed by atoms with Crippen molar-refractivity contribution < 1.29 is 0 Å². The summed E-state index contributed by atoms with van der Waals surface area (Å²) in [4.78, 5) is 1.33. The molecule has 1 rings (SSSR count). The molecule has 0 aliphatic carbocycles. The van der Waals surface area contributed by atoms with Crippen LogP contribution < -0.4 is 0 Å². The molecule has 0 saturated heterocycles. The Bertz CT molecular complexity index is 261. The quantitative estimate of drug-likeness (QED) is 0.511. The van der Waals surface area contributed by atoms with Crippen LogP contribution in [0.25, 0.3) is 0 Å². The fraction of sp³-hybridized carbons (Fsp3) is 0.333. The molecule has 0 aliphatic heterocycles. The second kappa shape index (κ2) is 5.13. The topological polar surface area (TPSA) is 0 Å². The molecular formula is C12H16S. The zero-order valence-electron chi connectivity index (χ0n) is 8.29. The first-order valence-electron chi connectivity index (χ1n) is 4.52. The molecule has 0 aliphatic rings. The lowest BCUT2D eigenvalue weighted by molar-refractivity contribution is 0.781. The van der Waals surface area contributed by atoms with Crippen LogP contribution in [0.5, 0.6) is 0 Å². The average Bonchev–Trinajstić information content (AvgIpc) is 2.18. The van der Waals surface area contributed by atoms with Crippen LogP contribution in [0.3, 0.4) is 0 Å². The minimum Gasteiger partial charge on any atom is -0.130 e. The van der Waals surface area contributed by atoms with Crippen LogP contribution in [0.4, 0.5) is 0 Å². The summed E-state index contributed by atoms with van der Waals surface area (Å²) in [6.07, 6.45) is 5.13. The summed E-state index contributed by atoms with van der Waals surface area (Å²) in [6.45, 7) is 5.99. The van der Waals surface area contributed by atoms with Crippen molar-refractivity contribution in [2.45, 2.75) is 24.2 Å². The van der Waals surface area contributed by atoms with Crippen molar-refractivity contribution >= 4 is 11.8 Å². The number of hydrogen-bond donors (Lipinski definition) is 0. The Hall–Kier alpha value is -0.690. The van der Waals surface area contributed by atoms with E-state index in [0.717, 1.165) is 6.42 Å². The Kier molecular flexibility index (Phi) is 4.10. The van der Waals surface area contributed by atoms with Crippen molar-refractivity contribution in [3.8, 4) is 0 Å². The largest absolute Gasteiger partial charge is 0.130 e. The van der Waals surface area contributed by atoms with Crippen molar-refractivity contribution in [1.29, 1.82) is 0 Å². The highest BCUT2D eigenvalue weighted by Gasteiger charge is 2.02. The van der Waals surface area contributed by atoms with Gasteiger partial charge in [-0.3, -0.25) is 0 Å². The highest BCUT2D eigenvalue weighted by Crippen LogP contribution is 2.22. The highest BCUT2D eigenvalue weighted by molar-refractivity contribution is 7.98. The van der Waals surface area contributed by atoms with Gasteiger partial charge in [0, 0.05) is 4.90 Å². The molecule has 70 valence electrons. The summed E-state index contributed by atoms with van der Waals surface area (Å²) >= 11 is 1.78. The Morgan fingerprint density at radius 3 is 2.46 bits per heavy atom. The van der Waals surface area contributed by atoms with E-state index in [0.29, 0.717) is 5.92 Å². The molecule has 13 heavy (non-hydrogen) atoms. The van der Waals surface area contributed by atoms with Gasteiger partial charge in [-0.25, -0.2) is 0 Å². The molecule has 0 amide bonds. The molecule has 0 bridgehead atoms. The molecule has 0 radical (unpaired) electrons. The molecule has 0 nitrogen and oxygen atoms in total. The van der Waals surface area contributed by atoms with Crippen molar-refractivity contribution in [3.05, 3.63) is 42.5 Å². The molecule has 0 aromatic heterocycles. The van der Waals surface area contributed by atoms with Crippen molar-refractivity contribution in [2.75, 3.05) is 6.26 Å². The smallest absolute Gasteiger partial charge is 0.00693 e. The van der Waals surface area contributed by atoms with Crippen LogP contribution >= 0.6 is 11.8 Å². The normalized spacial score (nSPS) is 12.5. The number of hydrogen-bond acceptors (Lipinski definition) is 1. The van der Waals surface area contributed by atoms with E-state index in [1.807, 2.05) is 6.08 Å². The molecule has 0 heterocycles. The minimum absolute atomic E-state index is 0.591. The number of thioether (sulfide) groups is 1. The third kappa shape index (κ3) is 2.92. The maximum absolute atomic E-state index is 3.76. The van der Waals surface area contributed by atoms with Gasteiger partial charge in [-0.15, -0.1) is 18.3 Å². The molecule has 1 unspecified atom stereocenters. The standard InChI is InChI=1S/C12H16S/c1-4-5-10(2)11-6-8-12(13-3)9-7-11/h4,6-10H,1,5H2,2-3H3. The molecule has 0 N–H and O–H groups in total. The Morgan fingerprint density at radius 2 is 2.00 bits per heavy atom. The van der Waals surface area contributed by atoms with Gasteiger partial charge in [0.15, 0.2) is 0 Å². The summed E-state index contributed by atoms with van der Waals surface area (Å²) in [7, 11) is 0. The van der Waals surface area contributed by atoms with Crippen LogP contribution in [0.15, 0.2) is 41.8 Å². The SMILES string of the molecule is C=CCC(C)c1ccc(SC)cc1. The van der Waals surface area contributed by atoms with Crippen molar-refractivity contribution in [1.82, 2.24) is 0 Å². The molecule has 1 atom stereocenters. The molecule has 1 heteroatoms. The first kappa shape index (κ1) is 10.4. The summed E-state index contributed by atoms with van der Waals surface area (Å²) < 4.78 is 0. The summed E-state index contributed by atoms with van der Waals surface area (Å²) in [5, 5.41) is 0. The number of allylic oxidation sites excluding steroid dienone is 1. The van der Waals surface area contributed by atoms with E-state index in [4.69, 9.17) is 0 Å². The zero-order chi connectivity index (χ0) is 9.68. The molecule has 1 aromatic carbocycles. The highest BCUT2D eigenvalue weighted by atomic mass is 32.2. The zero-order valence-corrected chi connectivity index (χ0v) is 9.10. The predicted octanol–water partition coefficient (Wildman–Crippen LogP) is 4.09. The van der Waals surface area contributed by atoms with Gasteiger partial charge in [0.1, 0.15) is 0 Å². The van der Waals surface area contributed by atoms with Gasteiger partial charge in [0.25, 0.3) is 0 Å². The van der Waals surface area contributed by atoms with E-state index < -0.39 is 0 Å². The number of benzene rings is 1. The van der Waals surface area contributed by atoms with Gasteiger partial charge in [0.05, 0.1) is 0 Å². The van der Waals surface area contributed by atoms with E-state index in [1.165, 1.54) is 10.5 Å². The second-order valence-electron chi connectivity index (χ2n) is 3.20. The third-order valence-electron chi connectivity index (χ3n) is 2.21. The molecule has 1 aromatic rings.